The van der Waals surface area contributed by atoms with Crippen LogP contribution >= 0.6 is 0 Å². The Hall–Kier alpha value is -2.83. The lowest BCUT2D eigenvalue weighted by atomic mass is 10.2. The molecule has 6 nitrogen and oxygen atoms in total. The van der Waals surface area contributed by atoms with Crippen molar-refractivity contribution in [2.75, 3.05) is 0 Å². The highest BCUT2D eigenvalue weighted by atomic mass is 19.1. The molecule has 0 saturated carbocycles. The standard InChI is InChI=1S/C12H8FN3O3/c13-9-3-1-8(7-10(9)16(18)19)2-4-11-14-6-5-12(17)15-11/h1-7H,(H,14,15,17). The van der Waals surface area contributed by atoms with Crippen LogP contribution in [0.25, 0.3) is 12.2 Å². The molecule has 96 valence electrons. The SMILES string of the molecule is O=c1ccnc(C=Cc2ccc(F)c([N+](=O)[O-])c2)[nH]1. The molecule has 0 unspecified atom stereocenters. The van der Waals surface area contributed by atoms with Gasteiger partial charge in [-0.25, -0.2) is 4.98 Å². The summed E-state index contributed by atoms with van der Waals surface area (Å²) in [7, 11) is 0. The van der Waals surface area contributed by atoms with Gasteiger partial charge >= 0.3 is 5.69 Å². The minimum absolute atomic E-state index is 0.305. The van der Waals surface area contributed by atoms with E-state index in [0.29, 0.717) is 11.4 Å². The van der Waals surface area contributed by atoms with Crippen LogP contribution in [0.5, 0.6) is 0 Å². The third-order valence-corrected chi connectivity index (χ3v) is 2.29. The molecule has 19 heavy (non-hydrogen) atoms. The Kier molecular flexibility index (Phi) is 3.46. The first-order chi connectivity index (χ1) is 9.06. The van der Waals surface area contributed by atoms with Crippen LogP contribution in [-0.2, 0) is 0 Å². The summed E-state index contributed by atoms with van der Waals surface area (Å²) in [4.78, 5) is 27.1. The lowest BCUT2D eigenvalue weighted by molar-refractivity contribution is -0.387. The first-order valence-corrected chi connectivity index (χ1v) is 5.23. The molecule has 7 heteroatoms. The lowest BCUT2D eigenvalue weighted by Gasteiger charge is -1.96. The molecule has 1 heterocycles. The van der Waals surface area contributed by atoms with Gasteiger partial charge in [-0.1, -0.05) is 12.1 Å². The predicted octanol–water partition coefficient (Wildman–Crippen LogP) is 1.99. The molecule has 0 fully saturated rings. The van der Waals surface area contributed by atoms with Crippen molar-refractivity contribution in [2.24, 2.45) is 0 Å². The van der Waals surface area contributed by atoms with Crippen LogP contribution in [0.3, 0.4) is 0 Å². The fourth-order valence-electron chi connectivity index (χ4n) is 1.42. The number of benzene rings is 1. The highest BCUT2D eigenvalue weighted by molar-refractivity contribution is 5.67. The van der Waals surface area contributed by atoms with E-state index >= 15 is 0 Å². The van der Waals surface area contributed by atoms with E-state index in [0.717, 1.165) is 12.1 Å². The second-order valence-corrected chi connectivity index (χ2v) is 3.62. The van der Waals surface area contributed by atoms with Gasteiger partial charge in [0.05, 0.1) is 4.92 Å². The van der Waals surface area contributed by atoms with Crippen molar-refractivity contribution in [2.45, 2.75) is 0 Å². The molecule has 0 saturated heterocycles. The Morgan fingerprint density at radius 2 is 2.11 bits per heavy atom. The Balaban J connectivity index is 2.31. The van der Waals surface area contributed by atoms with Gasteiger partial charge in [0.25, 0.3) is 5.56 Å². The van der Waals surface area contributed by atoms with Gasteiger partial charge in [0, 0.05) is 18.3 Å². The van der Waals surface area contributed by atoms with Crippen LogP contribution in [0.1, 0.15) is 11.4 Å². The summed E-state index contributed by atoms with van der Waals surface area (Å²) < 4.78 is 13.1. The van der Waals surface area contributed by atoms with E-state index in [1.54, 1.807) is 0 Å². The van der Waals surface area contributed by atoms with Crippen LogP contribution < -0.4 is 5.56 Å². The molecule has 0 aliphatic heterocycles. The molecule has 0 spiro atoms. The zero-order valence-electron chi connectivity index (χ0n) is 9.54. The van der Waals surface area contributed by atoms with Crippen molar-refractivity contribution >= 4 is 17.8 Å². The molecule has 2 rings (SSSR count). The number of nitrogens with zero attached hydrogens (tertiary/aromatic N) is 2. The zero-order chi connectivity index (χ0) is 13.8. The van der Waals surface area contributed by atoms with Crippen molar-refractivity contribution in [3.05, 3.63) is 68.1 Å². The normalized spacial score (nSPS) is 10.8. The first kappa shape index (κ1) is 12.6. The van der Waals surface area contributed by atoms with Crippen molar-refractivity contribution in [1.29, 1.82) is 0 Å². The summed E-state index contributed by atoms with van der Waals surface area (Å²) in [6.45, 7) is 0. The van der Waals surface area contributed by atoms with Gasteiger partial charge in [-0.2, -0.15) is 4.39 Å². The quantitative estimate of drug-likeness (QED) is 0.675. The van der Waals surface area contributed by atoms with Gasteiger partial charge in [-0.3, -0.25) is 14.9 Å². The molecule has 0 atom stereocenters. The summed E-state index contributed by atoms with van der Waals surface area (Å²) >= 11 is 0. The van der Waals surface area contributed by atoms with Gasteiger partial charge < -0.3 is 4.98 Å². The van der Waals surface area contributed by atoms with E-state index in [2.05, 4.69) is 9.97 Å². The zero-order valence-corrected chi connectivity index (χ0v) is 9.54. The molecule has 0 aliphatic rings. The maximum Gasteiger partial charge on any atom is 0.305 e. The molecular formula is C12H8FN3O3. The number of nitro groups is 1. The minimum Gasteiger partial charge on any atom is -0.307 e. The molecule has 0 bridgehead atoms. The number of nitro benzene ring substituents is 1. The van der Waals surface area contributed by atoms with Crippen LogP contribution in [0.4, 0.5) is 10.1 Å². The van der Waals surface area contributed by atoms with E-state index < -0.39 is 16.4 Å². The molecular weight excluding hydrogens is 253 g/mol. The highest BCUT2D eigenvalue weighted by Crippen LogP contribution is 2.19. The third-order valence-electron chi connectivity index (χ3n) is 2.29. The summed E-state index contributed by atoms with van der Waals surface area (Å²) in [6.07, 6.45) is 4.30. The van der Waals surface area contributed by atoms with E-state index in [-0.39, 0.29) is 5.56 Å². The van der Waals surface area contributed by atoms with Crippen molar-refractivity contribution < 1.29 is 9.31 Å². The van der Waals surface area contributed by atoms with Crippen LogP contribution in [0.15, 0.2) is 35.3 Å². The molecule has 0 amide bonds. The van der Waals surface area contributed by atoms with Gasteiger partial charge in [-0.05, 0) is 17.7 Å². The van der Waals surface area contributed by atoms with Gasteiger partial charge in [0.15, 0.2) is 0 Å². The van der Waals surface area contributed by atoms with Crippen molar-refractivity contribution in [3.63, 3.8) is 0 Å². The average Bonchev–Trinajstić information content (AvgIpc) is 2.37. The summed E-state index contributed by atoms with van der Waals surface area (Å²) in [6, 6.07) is 4.77. The molecule has 2 aromatic rings. The Morgan fingerprint density at radius 3 is 2.79 bits per heavy atom. The van der Waals surface area contributed by atoms with Gasteiger partial charge in [0.1, 0.15) is 5.82 Å². The lowest BCUT2D eigenvalue weighted by Crippen LogP contribution is -2.05. The Morgan fingerprint density at radius 1 is 1.32 bits per heavy atom. The molecule has 1 aromatic carbocycles. The molecule has 0 aliphatic carbocycles. The second-order valence-electron chi connectivity index (χ2n) is 3.62. The number of hydrogen-bond donors (Lipinski definition) is 1. The van der Waals surface area contributed by atoms with Crippen molar-refractivity contribution in [3.8, 4) is 0 Å². The van der Waals surface area contributed by atoms with Crippen LogP contribution in [0.2, 0.25) is 0 Å². The van der Waals surface area contributed by atoms with E-state index in [4.69, 9.17) is 0 Å². The summed E-state index contributed by atoms with van der Waals surface area (Å²) in [5, 5.41) is 10.6. The van der Waals surface area contributed by atoms with E-state index in [9.17, 15) is 19.3 Å². The number of halogens is 1. The molecule has 1 N–H and O–H groups in total. The van der Waals surface area contributed by atoms with Crippen LogP contribution in [-0.4, -0.2) is 14.9 Å². The monoisotopic (exact) mass is 261 g/mol. The smallest absolute Gasteiger partial charge is 0.305 e. The Labute approximate surface area is 106 Å². The highest BCUT2D eigenvalue weighted by Gasteiger charge is 2.13. The number of aromatic amines is 1. The van der Waals surface area contributed by atoms with E-state index in [1.807, 2.05) is 0 Å². The fourth-order valence-corrected chi connectivity index (χ4v) is 1.42. The summed E-state index contributed by atoms with van der Waals surface area (Å²) in [5.74, 6) is -0.590. The van der Waals surface area contributed by atoms with Crippen molar-refractivity contribution in [1.82, 2.24) is 9.97 Å². The van der Waals surface area contributed by atoms with Gasteiger partial charge in [0.2, 0.25) is 5.82 Å². The largest absolute Gasteiger partial charge is 0.307 e. The second kappa shape index (κ2) is 5.21. The topological polar surface area (TPSA) is 88.9 Å². The molecule has 0 radical (unpaired) electrons. The number of rotatable bonds is 3. The number of nitrogens with one attached hydrogen (secondary N) is 1. The minimum atomic E-state index is -0.895. The third kappa shape index (κ3) is 3.09. The molecule has 1 aromatic heterocycles. The predicted molar refractivity (Wildman–Crippen MR) is 66.8 cm³/mol. The maximum absolute atomic E-state index is 13.1. The average molecular weight is 261 g/mol. The van der Waals surface area contributed by atoms with E-state index in [1.165, 1.54) is 30.5 Å². The number of hydrogen-bond acceptors (Lipinski definition) is 4. The summed E-state index contributed by atoms with van der Waals surface area (Å²) in [5.41, 5.74) is -0.476. The number of aromatic nitrogens is 2. The maximum atomic E-state index is 13.1. The van der Waals surface area contributed by atoms with Crippen LogP contribution in [0, 0.1) is 15.9 Å². The first-order valence-electron chi connectivity index (χ1n) is 5.23. The fraction of sp³-hybridized carbons (Fsp3) is 0. The van der Waals surface area contributed by atoms with Gasteiger partial charge in [-0.15, -0.1) is 0 Å². The Bertz CT molecular complexity index is 709. The number of H-pyrrole nitrogens is 1.